The van der Waals surface area contributed by atoms with E-state index in [4.69, 9.17) is 0 Å². The van der Waals surface area contributed by atoms with Crippen molar-refractivity contribution in [2.75, 3.05) is 13.7 Å². The van der Waals surface area contributed by atoms with Crippen molar-refractivity contribution in [3.8, 4) is 0 Å². The van der Waals surface area contributed by atoms with Crippen molar-refractivity contribution in [2.24, 2.45) is 0 Å². The molecule has 0 bridgehead atoms. The average molecular weight is 227 g/mol. The van der Waals surface area contributed by atoms with Gasteiger partial charge in [-0.1, -0.05) is 6.92 Å². The van der Waals surface area contributed by atoms with E-state index in [2.05, 4.69) is 10.1 Å². The lowest BCUT2D eigenvalue weighted by Gasteiger charge is -2.14. The molecule has 0 aromatic rings. The summed E-state index contributed by atoms with van der Waals surface area (Å²) < 4.78 is 39.8. The molecule has 1 atom stereocenters. The first-order valence-corrected chi connectivity index (χ1v) is 4.78. The van der Waals surface area contributed by atoms with Crippen LogP contribution in [0.25, 0.3) is 0 Å². The number of rotatable bonds is 6. The molecule has 0 amide bonds. The maximum absolute atomic E-state index is 11.8. The summed E-state index contributed by atoms with van der Waals surface area (Å²) in [6.45, 7) is 1.92. The third-order valence-electron chi connectivity index (χ3n) is 1.92. The molecule has 90 valence electrons. The molecular formula is C9H16F3NO2. The van der Waals surface area contributed by atoms with E-state index < -0.39 is 24.6 Å². The van der Waals surface area contributed by atoms with Gasteiger partial charge in [-0.05, 0) is 19.4 Å². The Hall–Kier alpha value is -0.780. The van der Waals surface area contributed by atoms with Crippen LogP contribution < -0.4 is 5.32 Å². The van der Waals surface area contributed by atoms with Gasteiger partial charge in [-0.3, -0.25) is 4.79 Å². The molecule has 0 fully saturated rings. The number of nitrogens with one attached hydrogen (secondary N) is 1. The van der Waals surface area contributed by atoms with Crippen LogP contribution >= 0.6 is 0 Å². The molecule has 0 aromatic heterocycles. The second-order valence-electron chi connectivity index (χ2n) is 3.16. The van der Waals surface area contributed by atoms with Gasteiger partial charge in [-0.2, -0.15) is 13.2 Å². The van der Waals surface area contributed by atoms with Gasteiger partial charge < -0.3 is 10.1 Å². The van der Waals surface area contributed by atoms with Crippen LogP contribution in [0.3, 0.4) is 0 Å². The summed E-state index contributed by atoms with van der Waals surface area (Å²) in [5.41, 5.74) is 0. The summed E-state index contributed by atoms with van der Waals surface area (Å²) in [4.78, 5) is 11.0. The molecule has 0 heterocycles. The molecule has 0 rings (SSSR count). The Morgan fingerprint density at radius 2 is 2.07 bits per heavy atom. The van der Waals surface area contributed by atoms with Crippen LogP contribution in [0.1, 0.15) is 26.2 Å². The van der Waals surface area contributed by atoms with Gasteiger partial charge in [-0.15, -0.1) is 0 Å². The summed E-state index contributed by atoms with van der Waals surface area (Å²) in [7, 11) is 1.25. The van der Waals surface area contributed by atoms with Crippen LogP contribution in [0.5, 0.6) is 0 Å². The van der Waals surface area contributed by atoms with Gasteiger partial charge in [0.25, 0.3) is 0 Å². The largest absolute Gasteiger partial charge is 0.468 e. The molecule has 0 aliphatic carbocycles. The molecule has 1 unspecified atom stereocenters. The van der Waals surface area contributed by atoms with Gasteiger partial charge in [0.2, 0.25) is 0 Å². The maximum atomic E-state index is 11.8. The standard InChI is InChI=1S/C9H16F3NO2/c1-3-7(8(14)15-2)13-6-4-5-9(10,11)12/h7,13H,3-6H2,1-2H3. The fraction of sp³-hybridized carbons (Fsp3) is 0.889. The van der Waals surface area contributed by atoms with Crippen molar-refractivity contribution in [3.05, 3.63) is 0 Å². The highest BCUT2D eigenvalue weighted by Gasteiger charge is 2.26. The Kier molecular flexibility index (Phi) is 6.31. The van der Waals surface area contributed by atoms with E-state index >= 15 is 0 Å². The minimum Gasteiger partial charge on any atom is -0.468 e. The molecule has 0 aliphatic rings. The molecule has 6 heteroatoms. The Labute approximate surface area is 87.0 Å². The Morgan fingerprint density at radius 1 is 1.47 bits per heavy atom. The van der Waals surface area contributed by atoms with Gasteiger partial charge in [0.05, 0.1) is 7.11 Å². The van der Waals surface area contributed by atoms with E-state index in [9.17, 15) is 18.0 Å². The minimum atomic E-state index is -4.13. The summed E-state index contributed by atoms with van der Waals surface area (Å²) in [6, 6.07) is -0.511. The predicted molar refractivity (Wildman–Crippen MR) is 49.4 cm³/mol. The fourth-order valence-electron chi connectivity index (χ4n) is 1.10. The minimum absolute atomic E-state index is 0.0308. The molecule has 0 spiro atoms. The van der Waals surface area contributed by atoms with Crippen molar-refractivity contribution in [2.45, 2.75) is 38.4 Å². The van der Waals surface area contributed by atoms with Crippen molar-refractivity contribution in [1.29, 1.82) is 0 Å². The van der Waals surface area contributed by atoms with Gasteiger partial charge >= 0.3 is 12.1 Å². The first-order chi connectivity index (χ1) is 6.90. The zero-order chi connectivity index (χ0) is 11.9. The molecule has 3 nitrogen and oxygen atoms in total. The van der Waals surface area contributed by atoms with E-state index in [1.54, 1.807) is 6.92 Å². The van der Waals surface area contributed by atoms with Gasteiger partial charge in [0.15, 0.2) is 0 Å². The van der Waals surface area contributed by atoms with Crippen molar-refractivity contribution < 1.29 is 22.7 Å². The molecule has 0 saturated carbocycles. The zero-order valence-electron chi connectivity index (χ0n) is 8.86. The van der Waals surface area contributed by atoms with Crippen LogP contribution in [0, 0.1) is 0 Å². The molecule has 0 aliphatic heterocycles. The maximum Gasteiger partial charge on any atom is 0.389 e. The number of carbonyl (C=O) groups is 1. The second kappa shape index (κ2) is 6.66. The summed E-state index contributed by atoms with van der Waals surface area (Å²) in [5, 5.41) is 2.72. The number of esters is 1. The van der Waals surface area contributed by atoms with E-state index in [0.29, 0.717) is 6.42 Å². The van der Waals surface area contributed by atoms with Crippen molar-refractivity contribution >= 4 is 5.97 Å². The molecule has 0 aromatic carbocycles. The van der Waals surface area contributed by atoms with Crippen LogP contribution in [0.4, 0.5) is 13.2 Å². The Bertz CT molecular complexity index is 194. The van der Waals surface area contributed by atoms with E-state index in [-0.39, 0.29) is 13.0 Å². The number of hydrogen-bond acceptors (Lipinski definition) is 3. The summed E-state index contributed by atoms with van der Waals surface area (Å²) >= 11 is 0. The average Bonchev–Trinajstić information content (AvgIpc) is 2.15. The third kappa shape index (κ3) is 7.18. The van der Waals surface area contributed by atoms with Gasteiger partial charge in [0.1, 0.15) is 6.04 Å². The molecular weight excluding hydrogens is 211 g/mol. The van der Waals surface area contributed by atoms with Crippen LogP contribution in [-0.2, 0) is 9.53 Å². The predicted octanol–water partition coefficient (Wildman–Crippen LogP) is 1.87. The number of halogens is 3. The van der Waals surface area contributed by atoms with Crippen LogP contribution in [0.15, 0.2) is 0 Å². The lowest BCUT2D eigenvalue weighted by atomic mass is 10.2. The summed E-state index contributed by atoms with van der Waals surface area (Å²) in [5.74, 6) is -0.440. The molecule has 1 N–H and O–H groups in total. The quantitative estimate of drug-likeness (QED) is 0.556. The number of ether oxygens (including phenoxy) is 1. The first kappa shape index (κ1) is 14.2. The van der Waals surface area contributed by atoms with E-state index in [0.717, 1.165) is 0 Å². The highest BCUT2D eigenvalue weighted by molar-refractivity contribution is 5.75. The third-order valence-corrected chi connectivity index (χ3v) is 1.92. The van der Waals surface area contributed by atoms with Crippen molar-refractivity contribution in [3.63, 3.8) is 0 Å². The number of methoxy groups -OCH3 is 1. The second-order valence-corrected chi connectivity index (χ2v) is 3.16. The number of hydrogen-bond donors (Lipinski definition) is 1. The monoisotopic (exact) mass is 227 g/mol. The summed E-state index contributed by atoms with van der Waals surface area (Å²) in [6.07, 6.45) is -4.50. The highest BCUT2D eigenvalue weighted by atomic mass is 19.4. The van der Waals surface area contributed by atoms with Crippen LogP contribution in [0.2, 0.25) is 0 Å². The lowest BCUT2D eigenvalue weighted by Crippen LogP contribution is -2.37. The van der Waals surface area contributed by atoms with E-state index in [1.165, 1.54) is 7.11 Å². The first-order valence-electron chi connectivity index (χ1n) is 4.78. The number of carbonyl (C=O) groups excluding carboxylic acids is 1. The van der Waals surface area contributed by atoms with Gasteiger partial charge in [-0.25, -0.2) is 0 Å². The molecule has 15 heavy (non-hydrogen) atoms. The zero-order valence-corrected chi connectivity index (χ0v) is 8.86. The van der Waals surface area contributed by atoms with Gasteiger partial charge in [0, 0.05) is 6.42 Å². The molecule has 0 radical (unpaired) electrons. The highest BCUT2D eigenvalue weighted by Crippen LogP contribution is 2.20. The van der Waals surface area contributed by atoms with E-state index in [1.807, 2.05) is 0 Å². The van der Waals surface area contributed by atoms with Crippen LogP contribution in [-0.4, -0.2) is 31.8 Å². The van der Waals surface area contributed by atoms with Crippen molar-refractivity contribution in [1.82, 2.24) is 5.32 Å². The fourth-order valence-corrected chi connectivity index (χ4v) is 1.10. The smallest absolute Gasteiger partial charge is 0.389 e. The topological polar surface area (TPSA) is 38.3 Å². The lowest BCUT2D eigenvalue weighted by molar-refractivity contribution is -0.143. The SMILES string of the molecule is CCC(NCCCC(F)(F)F)C(=O)OC. The molecule has 0 saturated heterocycles. The Balaban J connectivity index is 3.69. The Morgan fingerprint density at radius 3 is 2.47 bits per heavy atom. The normalized spacial score (nSPS) is 13.7. The number of alkyl halides is 3.